The summed E-state index contributed by atoms with van der Waals surface area (Å²) in [5, 5.41) is 0. The Kier molecular flexibility index (Phi) is 3.79. The van der Waals surface area contributed by atoms with E-state index in [4.69, 9.17) is 0 Å². The number of ketones is 1. The van der Waals surface area contributed by atoms with E-state index < -0.39 is 7.60 Å². The van der Waals surface area contributed by atoms with Crippen LogP contribution in [0.4, 0.5) is 0 Å². The van der Waals surface area contributed by atoms with Crippen LogP contribution in [0.5, 0.6) is 0 Å². The molecule has 0 rings (SSSR count). The number of Topliss-reactive ketones (excluding diaryl/α,β-unsaturated/α-hetero) is 1. The van der Waals surface area contributed by atoms with E-state index in [0.717, 1.165) is 0 Å². The molecule has 0 amide bonds. The molecule has 10 heavy (non-hydrogen) atoms. The summed E-state index contributed by atoms with van der Waals surface area (Å²) >= 11 is 0. The lowest BCUT2D eigenvalue weighted by Crippen LogP contribution is -2.02. The third-order valence-electron chi connectivity index (χ3n) is 0.834. The number of hydrogen-bond acceptors (Lipinski definition) is 4. The average molecular weight is 166 g/mol. The number of hydrogen-bond donors (Lipinski definition) is 0. The second-order valence-electron chi connectivity index (χ2n) is 1.93. The van der Waals surface area contributed by atoms with Crippen molar-refractivity contribution in [3.63, 3.8) is 0 Å². The minimum absolute atomic E-state index is 0.151. The molecular weight excluding hydrogens is 155 g/mol. The van der Waals surface area contributed by atoms with Gasteiger partial charge < -0.3 is 9.05 Å². The predicted molar refractivity (Wildman–Crippen MR) is 37.2 cm³/mol. The fraction of sp³-hybridized carbons (Fsp3) is 0.800. The molecule has 0 spiro atoms. The molecule has 1 atom stereocenters. The molecule has 0 radical (unpaired) electrons. The summed E-state index contributed by atoms with van der Waals surface area (Å²) in [6.45, 7) is 2.52. The fourth-order valence-corrected chi connectivity index (χ4v) is 0.783. The van der Waals surface area contributed by atoms with Gasteiger partial charge in [0.2, 0.25) is 0 Å². The van der Waals surface area contributed by atoms with Crippen molar-refractivity contribution < 1.29 is 18.4 Å². The van der Waals surface area contributed by atoms with Crippen molar-refractivity contribution in [2.24, 2.45) is 0 Å². The van der Waals surface area contributed by atoms with Crippen molar-refractivity contribution in [1.82, 2.24) is 0 Å². The molecule has 0 bridgehead atoms. The Morgan fingerprint density at radius 1 is 1.60 bits per heavy atom. The number of rotatable bonds is 4. The standard InChI is InChI=1S/C5H11O4P/c1-5(6)4-9-10(3,7)8-2/h4H2,1-3H3. The van der Waals surface area contributed by atoms with Crippen molar-refractivity contribution >= 4 is 13.4 Å². The summed E-state index contributed by atoms with van der Waals surface area (Å²) < 4.78 is 20.0. The third-order valence-corrected chi connectivity index (χ3v) is 2.10. The highest BCUT2D eigenvalue weighted by Gasteiger charge is 2.14. The Morgan fingerprint density at radius 3 is 2.40 bits per heavy atom. The first-order valence-electron chi connectivity index (χ1n) is 2.75. The highest BCUT2D eigenvalue weighted by Crippen LogP contribution is 2.42. The Morgan fingerprint density at radius 2 is 2.10 bits per heavy atom. The van der Waals surface area contributed by atoms with E-state index in [1.165, 1.54) is 20.7 Å². The zero-order valence-corrected chi connectivity index (χ0v) is 7.18. The highest BCUT2D eigenvalue weighted by molar-refractivity contribution is 7.52. The van der Waals surface area contributed by atoms with Crippen molar-refractivity contribution in [3.05, 3.63) is 0 Å². The Bertz CT molecular complexity index is 165. The maximum atomic E-state index is 10.9. The summed E-state index contributed by atoms with van der Waals surface area (Å²) in [5.74, 6) is -0.167. The Hall–Kier alpha value is -0.180. The normalized spacial score (nSPS) is 16.3. The van der Waals surface area contributed by atoms with Crippen molar-refractivity contribution in [2.45, 2.75) is 6.92 Å². The van der Waals surface area contributed by atoms with Crippen LogP contribution in [-0.4, -0.2) is 26.2 Å². The van der Waals surface area contributed by atoms with Crippen LogP contribution in [0.2, 0.25) is 0 Å². The van der Waals surface area contributed by atoms with Crippen LogP contribution in [-0.2, 0) is 18.4 Å². The second kappa shape index (κ2) is 3.86. The molecule has 0 saturated heterocycles. The van der Waals surface area contributed by atoms with Crippen molar-refractivity contribution in [2.75, 3.05) is 20.4 Å². The molecule has 0 aromatic heterocycles. The van der Waals surface area contributed by atoms with E-state index in [1.54, 1.807) is 0 Å². The highest BCUT2D eigenvalue weighted by atomic mass is 31.2. The predicted octanol–water partition coefficient (Wildman–Crippen LogP) is 1.06. The molecule has 5 heteroatoms. The molecule has 0 N–H and O–H groups in total. The number of carbonyl (C=O) groups excluding carboxylic acids is 1. The zero-order chi connectivity index (χ0) is 8.20. The molecule has 0 saturated carbocycles. The summed E-state index contributed by atoms with van der Waals surface area (Å²) in [6, 6.07) is 0. The lowest BCUT2D eigenvalue weighted by Gasteiger charge is -2.08. The van der Waals surface area contributed by atoms with E-state index >= 15 is 0 Å². The summed E-state index contributed by atoms with van der Waals surface area (Å²) in [7, 11) is -1.67. The molecule has 0 fully saturated rings. The third kappa shape index (κ3) is 4.68. The lowest BCUT2D eigenvalue weighted by atomic mass is 10.5. The van der Waals surface area contributed by atoms with E-state index in [9.17, 15) is 9.36 Å². The summed E-state index contributed by atoms with van der Waals surface area (Å²) in [6.07, 6.45) is 0. The first kappa shape index (κ1) is 9.82. The molecule has 0 heterocycles. The minimum atomic E-state index is -2.95. The molecule has 0 aliphatic heterocycles. The van der Waals surface area contributed by atoms with E-state index in [-0.39, 0.29) is 12.4 Å². The van der Waals surface area contributed by atoms with Gasteiger partial charge in [-0.25, -0.2) is 0 Å². The van der Waals surface area contributed by atoms with Crippen molar-refractivity contribution in [3.8, 4) is 0 Å². The lowest BCUT2D eigenvalue weighted by molar-refractivity contribution is -0.119. The van der Waals surface area contributed by atoms with Crippen LogP contribution in [0, 0.1) is 0 Å². The maximum absolute atomic E-state index is 10.9. The number of carbonyl (C=O) groups is 1. The molecule has 0 aliphatic rings. The second-order valence-corrected chi connectivity index (χ2v) is 4.10. The molecule has 0 aromatic carbocycles. The summed E-state index contributed by atoms with van der Waals surface area (Å²) in [4.78, 5) is 10.3. The van der Waals surface area contributed by atoms with E-state index in [2.05, 4.69) is 9.05 Å². The fourth-order valence-electron chi connectivity index (χ4n) is 0.261. The maximum Gasteiger partial charge on any atom is 0.327 e. The van der Waals surface area contributed by atoms with Crippen LogP contribution in [0.15, 0.2) is 0 Å². The molecular formula is C5H11O4P. The van der Waals surface area contributed by atoms with Gasteiger partial charge in [0.15, 0.2) is 5.78 Å². The van der Waals surface area contributed by atoms with Gasteiger partial charge in [-0.2, -0.15) is 0 Å². The molecule has 1 unspecified atom stereocenters. The first-order chi connectivity index (χ1) is 4.48. The van der Waals surface area contributed by atoms with Crippen LogP contribution in [0.3, 0.4) is 0 Å². The van der Waals surface area contributed by atoms with Gasteiger partial charge in [0.25, 0.3) is 0 Å². The Labute approximate surface area is 60.1 Å². The first-order valence-corrected chi connectivity index (χ1v) is 4.74. The van der Waals surface area contributed by atoms with Gasteiger partial charge in [-0.3, -0.25) is 9.36 Å². The Balaban J connectivity index is 3.68. The van der Waals surface area contributed by atoms with Crippen LogP contribution in [0.1, 0.15) is 6.92 Å². The quantitative estimate of drug-likeness (QED) is 0.586. The van der Waals surface area contributed by atoms with Gasteiger partial charge in [0.05, 0.1) is 0 Å². The minimum Gasteiger partial charge on any atom is -0.312 e. The molecule has 4 nitrogen and oxygen atoms in total. The molecule has 0 aliphatic carbocycles. The van der Waals surface area contributed by atoms with Crippen LogP contribution < -0.4 is 0 Å². The van der Waals surface area contributed by atoms with Gasteiger partial charge in [0, 0.05) is 13.8 Å². The zero-order valence-electron chi connectivity index (χ0n) is 6.29. The van der Waals surface area contributed by atoms with Gasteiger partial charge in [-0.15, -0.1) is 0 Å². The van der Waals surface area contributed by atoms with Gasteiger partial charge >= 0.3 is 7.60 Å². The summed E-state index contributed by atoms with van der Waals surface area (Å²) in [5.41, 5.74) is 0. The van der Waals surface area contributed by atoms with Gasteiger partial charge in [-0.1, -0.05) is 0 Å². The monoisotopic (exact) mass is 166 g/mol. The SMILES string of the molecule is COP(C)(=O)OCC(C)=O. The van der Waals surface area contributed by atoms with Crippen molar-refractivity contribution in [1.29, 1.82) is 0 Å². The van der Waals surface area contributed by atoms with E-state index in [0.29, 0.717) is 0 Å². The topological polar surface area (TPSA) is 52.6 Å². The van der Waals surface area contributed by atoms with Crippen LogP contribution >= 0.6 is 7.60 Å². The smallest absolute Gasteiger partial charge is 0.312 e. The molecule has 0 aromatic rings. The average Bonchev–Trinajstić information content (AvgIpc) is 1.85. The largest absolute Gasteiger partial charge is 0.327 e. The molecule has 60 valence electrons. The van der Waals surface area contributed by atoms with Gasteiger partial charge in [-0.05, 0) is 6.92 Å². The van der Waals surface area contributed by atoms with Gasteiger partial charge in [0.1, 0.15) is 6.61 Å². The van der Waals surface area contributed by atoms with E-state index in [1.807, 2.05) is 0 Å². The van der Waals surface area contributed by atoms with Crippen LogP contribution in [0.25, 0.3) is 0 Å².